The van der Waals surface area contributed by atoms with Crippen molar-refractivity contribution in [2.24, 2.45) is 5.92 Å². The van der Waals surface area contributed by atoms with Crippen molar-refractivity contribution < 1.29 is 19.4 Å². The number of ether oxygens (including phenoxy) is 1. The van der Waals surface area contributed by atoms with E-state index in [4.69, 9.17) is 9.84 Å². The smallest absolute Gasteiger partial charge is 0.410 e. The summed E-state index contributed by atoms with van der Waals surface area (Å²) in [5.41, 5.74) is 0.283. The monoisotopic (exact) mass is 452 g/mol. The number of carbonyl (C=O) groups excluding carboxylic acids is 1. The minimum Gasteiger partial charge on any atom is -0.481 e. The number of piperidine rings is 1. The number of aliphatic carboxylic acids is 1. The van der Waals surface area contributed by atoms with Crippen LogP contribution in [0, 0.1) is 5.92 Å². The second-order valence-corrected chi connectivity index (χ2v) is 10.8. The molecular formula is C24H44N4O4. The van der Waals surface area contributed by atoms with Crippen molar-refractivity contribution in [1.29, 1.82) is 0 Å². The number of carboxylic acid groups (broad SMARTS) is 1. The van der Waals surface area contributed by atoms with Crippen molar-refractivity contribution in [2.75, 3.05) is 65.4 Å². The molecule has 0 aromatic rings. The van der Waals surface area contributed by atoms with Gasteiger partial charge >= 0.3 is 12.1 Å². The van der Waals surface area contributed by atoms with E-state index in [9.17, 15) is 9.59 Å². The number of likely N-dealkylation sites (tertiary alicyclic amines) is 1. The summed E-state index contributed by atoms with van der Waals surface area (Å²) < 4.78 is 5.62. The Hall–Kier alpha value is -1.38. The fourth-order valence-electron chi connectivity index (χ4n) is 5.22. The largest absolute Gasteiger partial charge is 0.481 e. The van der Waals surface area contributed by atoms with Crippen LogP contribution in [0.1, 0.15) is 59.3 Å². The number of piperazine rings is 1. The molecule has 0 aromatic carbocycles. The first-order valence-corrected chi connectivity index (χ1v) is 12.6. The Kier molecular flexibility index (Phi) is 9.20. The first-order chi connectivity index (χ1) is 15.2. The zero-order chi connectivity index (χ0) is 23.1. The Balaban J connectivity index is 1.26. The molecule has 0 spiro atoms. The molecule has 32 heavy (non-hydrogen) atoms. The average Bonchev–Trinajstić information content (AvgIpc) is 3.09. The van der Waals surface area contributed by atoms with Crippen LogP contribution in [0.4, 0.5) is 4.79 Å². The maximum Gasteiger partial charge on any atom is 0.410 e. The quantitative estimate of drug-likeness (QED) is 0.511. The molecule has 8 heteroatoms. The molecule has 3 heterocycles. The third-order valence-corrected chi connectivity index (χ3v) is 7.37. The van der Waals surface area contributed by atoms with E-state index in [1.54, 1.807) is 0 Å². The van der Waals surface area contributed by atoms with E-state index in [0.29, 0.717) is 13.1 Å². The SMILES string of the molecule is CC(C)(C)N1CCC(CCCCN2CC(CN3CCN(CCC(=O)O)CC3)OC2=O)CC1. The summed E-state index contributed by atoms with van der Waals surface area (Å²) in [5, 5.41) is 8.82. The van der Waals surface area contributed by atoms with E-state index in [1.807, 2.05) is 4.90 Å². The van der Waals surface area contributed by atoms with Crippen LogP contribution >= 0.6 is 0 Å². The molecule has 1 unspecified atom stereocenters. The second-order valence-electron chi connectivity index (χ2n) is 10.8. The predicted molar refractivity (Wildman–Crippen MR) is 125 cm³/mol. The highest BCUT2D eigenvalue weighted by Gasteiger charge is 2.33. The van der Waals surface area contributed by atoms with Crippen LogP contribution in [0.25, 0.3) is 0 Å². The number of unbranched alkanes of at least 4 members (excludes halogenated alkanes) is 1. The van der Waals surface area contributed by atoms with E-state index >= 15 is 0 Å². The minimum absolute atomic E-state index is 0.0465. The van der Waals surface area contributed by atoms with E-state index in [1.165, 1.54) is 38.8 Å². The lowest BCUT2D eigenvalue weighted by molar-refractivity contribution is -0.137. The summed E-state index contributed by atoms with van der Waals surface area (Å²) in [6.07, 6.45) is 6.12. The number of nitrogens with zero attached hydrogens (tertiary/aromatic N) is 4. The number of hydrogen-bond donors (Lipinski definition) is 1. The van der Waals surface area contributed by atoms with Gasteiger partial charge in [-0.15, -0.1) is 0 Å². The van der Waals surface area contributed by atoms with Crippen LogP contribution in [0.2, 0.25) is 0 Å². The van der Waals surface area contributed by atoms with Gasteiger partial charge in [0.25, 0.3) is 0 Å². The van der Waals surface area contributed by atoms with Gasteiger partial charge in [0.1, 0.15) is 6.10 Å². The summed E-state index contributed by atoms with van der Waals surface area (Å²) in [5.74, 6) is 0.0948. The van der Waals surface area contributed by atoms with E-state index in [0.717, 1.165) is 51.6 Å². The molecule has 0 bridgehead atoms. The summed E-state index contributed by atoms with van der Waals surface area (Å²) in [4.78, 5) is 32.0. The van der Waals surface area contributed by atoms with Crippen LogP contribution in [0.15, 0.2) is 0 Å². The predicted octanol–water partition coefficient (Wildman–Crippen LogP) is 2.58. The van der Waals surface area contributed by atoms with Gasteiger partial charge in [-0.1, -0.05) is 12.8 Å². The van der Waals surface area contributed by atoms with Crippen molar-refractivity contribution in [3.05, 3.63) is 0 Å². The zero-order valence-electron chi connectivity index (χ0n) is 20.4. The number of amides is 1. The molecule has 8 nitrogen and oxygen atoms in total. The van der Waals surface area contributed by atoms with Crippen LogP contribution in [-0.2, 0) is 9.53 Å². The molecule has 3 aliphatic heterocycles. The molecule has 0 saturated carbocycles. The maximum absolute atomic E-state index is 12.3. The summed E-state index contributed by atoms with van der Waals surface area (Å²) in [7, 11) is 0. The molecular weight excluding hydrogens is 408 g/mol. The van der Waals surface area contributed by atoms with Gasteiger partial charge in [0.05, 0.1) is 13.0 Å². The molecule has 1 amide bonds. The van der Waals surface area contributed by atoms with Gasteiger partial charge in [-0.2, -0.15) is 0 Å². The van der Waals surface area contributed by atoms with Gasteiger partial charge in [-0.3, -0.25) is 14.6 Å². The zero-order valence-corrected chi connectivity index (χ0v) is 20.4. The minimum atomic E-state index is -0.740. The van der Waals surface area contributed by atoms with E-state index in [2.05, 4.69) is 35.5 Å². The second kappa shape index (κ2) is 11.7. The van der Waals surface area contributed by atoms with Crippen molar-refractivity contribution in [2.45, 2.75) is 70.9 Å². The first-order valence-electron chi connectivity index (χ1n) is 12.6. The molecule has 3 fully saturated rings. The fourth-order valence-corrected chi connectivity index (χ4v) is 5.22. The lowest BCUT2D eigenvalue weighted by Gasteiger charge is -2.41. The number of carbonyl (C=O) groups is 2. The molecule has 1 N–H and O–H groups in total. The van der Waals surface area contributed by atoms with Crippen molar-refractivity contribution in [1.82, 2.24) is 19.6 Å². The third kappa shape index (κ3) is 7.89. The third-order valence-electron chi connectivity index (χ3n) is 7.37. The highest BCUT2D eigenvalue weighted by molar-refractivity contribution is 5.69. The normalized spacial score (nSPS) is 24.8. The Labute approximate surface area is 193 Å². The van der Waals surface area contributed by atoms with Crippen LogP contribution < -0.4 is 0 Å². The molecule has 0 aliphatic carbocycles. The van der Waals surface area contributed by atoms with Crippen LogP contribution in [-0.4, -0.2) is 114 Å². The molecule has 1 atom stereocenters. The molecule has 0 aromatic heterocycles. The van der Waals surface area contributed by atoms with Gasteiger partial charge in [0.2, 0.25) is 0 Å². The van der Waals surface area contributed by atoms with Crippen molar-refractivity contribution in [3.63, 3.8) is 0 Å². The van der Waals surface area contributed by atoms with Crippen LogP contribution in [0.5, 0.6) is 0 Å². The van der Waals surface area contributed by atoms with Crippen molar-refractivity contribution >= 4 is 12.1 Å². The number of hydrogen-bond acceptors (Lipinski definition) is 6. The molecule has 184 valence electrons. The van der Waals surface area contributed by atoms with E-state index < -0.39 is 5.97 Å². The Morgan fingerprint density at radius 1 is 1.00 bits per heavy atom. The van der Waals surface area contributed by atoms with Gasteiger partial charge < -0.3 is 19.6 Å². The molecule has 0 radical (unpaired) electrons. The summed E-state index contributed by atoms with van der Waals surface area (Å²) in [6, 6.07) is 0. The first kappa shape index (κ1) is 25.2. The molecule has 3 saturated heterocycles. The lowest BCUT2D eigenvalue weighted by atomic mass is 9.89. The number of carboxylic acids is 1. The van der Waals surface area contributed by atoms with Crippen LogP contribution in [0.3, 0.4) is 0 Å². The number of cyclic esters (lactones) is 1. The van der Waals surface area contributed by atoms with E-state index in [-0.39, 0.29) is 24.2 Å². The Morgan fingerprint density at radius 2 is 1.66 bits per heavy atom. The summed E-state index contributed by atoms with van der Waals surface area (Å²) >= 11 is 0. The Bertz CT molecular complexity index is 608. The topological polar surface area (TPSA) is 76.6 Å². The highest BCUT2D eigenvalue weighted by Crippen LogP contribution is 2.27. The van der Waals surface area contributed by atoms with Crippen molar-refractivity contribution in [3.8, 4) is 0 Å². The average molecular weight is 453 g/mol. The van der Waals surface area contributed by atoms with Gasteiger partial charge in [0, 0.05) is 51.4 Å². The summed E-state index contributed by atoms with van der Waals surface area (Å²) in [6.45, 7) is 15.8. The molecule has 3 aliphatic rings. The number of rotatable bonds is 10. The fraction of sp³-hybridized carbons (Fsp3) is 0.917. The van der Waals surface area contributed by atoms with Gasteiger partial charge in [-0.05, 0) is 59.0 Å². The lowest BCUT2D eigenvalue weighted by Crippen LogP contribution is -2.49. The maximum atomic E-state index is 12.3. The molecule has 3 rings (SSSR count). The standard InChI is InChI=1S/C24H44N4O4/c1-24(2,3)28-12-7-20(8-13-28)6-4-5-10-27-19-21(32-23(27)31)18-26-16-14-25(15-17-26)11-9-22(29)30/h20-21H,4-19H2,1-3H3,(H,29,30). The Morgan fingerprint density at radius 3 is 2.28 bits per heavy atom. The van der Waals surface area contributed by atoms with Gasteiger partial charge in [0.15, 0.2) is 0 Å². The van der Waals surface area contributed by atoms with Gasteiger partial charge in [-0.25, -0.2) is 4.79 Å². The highest BCUT2D eigenvalue weighted by atomic mass is 16.6.